The predicted octanol–water partition coefficient (Wildman–Crippen LogP) is 1.57. The summed E-state index contributed by atoms with van der Waals surface area (Å²) in [5.41, 5.74) is 0.403. The number of oxime groups is 1. The van der Waals surface area contributed by atoms with Gasteiger partial charge in [0.05, 0.1) is 5.71 Å². The SMILES string of the molecule is CCCCC(=O)OC/C(C)=N/O. The average Bonchev–Trinajstić information content (AvgIpc) is 2.10. The second-order valence-electron chi connectivity index (χ2n) is 2.60. The van der Waals surface area contributed by atoms with E-state index in [1.54, 1.807) is 6.92 Å². The summed E-state index contributed by atoms with van der Waals surface area (Å²) in [4.78, 5) is 10.9. The van der Waals surface area contributed by atoms with Gasteiger partial charge in [-0.05, 0) is 13.3 Å². The highest BCUT2D eigenvalue weighted by molar-refractivity contribution is 5.84. The van der Waals surface area contributed by atoms with Gasteiger partial charge in [-0.3, -0.25) is 4.79 Å². The van der Waals surface area contributed by atoms with Crippen LogP contribution in [0, 0.1) is 0 Å². The van der Waals surface area contributed by atoms with Gasteiger partial charge in [-0.2, -0.15) is 0 Å². The molecular formula is C8H15NO3. The van der Waals surface area contributed by atoms with Crippen LogP contribution in [0.4, 0.5) is 0 Å². The lowest BCUT2D eigenvalue weighted by Gasteiger charge is -2.01. The van der Waals surface area contributed by atoms with Crippen molar-refractivity contribution in [3.63, 3.8) is 0 Å². The summed E-state index contributed by atoms with van der Waals surface area (Å²) in [5.74, 6) is -0.236. The Balaban J connectivity index is 3.44. The van der Waals surface area contributed by atoms with Crippen molar-refractivity contribution >= 4 is 11.7 Å². The van der Waals surface area contributed by atoms with Crippen molar-refractivity contribution in [2.24, 2.45) is 5.16 Å². The highest BCUT2D eigenvalue weighted by Crippen LogP contribution is 1.96. The van der Waals surface area contributed by atoms with E-state index in [-0.39, 0.29) is 12.6 Å². The summed E-state index contributed by atoms with van der Waals surface area (Å²) < 4.78 is 4.77. The average molecular weight is 173 g/mol. The van der Waals surface area contributed by atoms with E-state index in [2.05, 4.69) is 5.16 Å². The van der Waals surface area contributed by atoms with Crippen molar-refractivity contribution in [2.45, 2.75) is 33.1 Å². The van der Waals surface area contributed by atoms with E-state index in [1.807, 2.05) is 6.92 Å². The van der Waals surface area contributed by atoms with E-state index in [1.165, 1.54) is 0 Å². The molecular weight excluding hydrogens is 158 g/mol. The van der Waals surface area contributed by atoms with Gasteiger partial charge in [0.25, 0.3) is 0 Å². The summed E-state index contributed by atoms with van der Waals surface area (Å²) >= 11 is 0. The summed E-state index contributed by atoms with van der Waals surface area (Å²) in [5, 5.41) is 11.1. The Morgan fingerprint density at radius 1 is 1.58 bits per heavy atom. The third-order valence-corrected chi connectivity index (χ3v) is 1.35. The molecule has 0 amide bonds. The predicted molar refractivity (Wildman–Crippen MR) is 45.4 cm³/mol. The second-order valence-corrected chi connectivity index (χ2v) is 2.60. The minimum Gasteiger partial charge on any atom is -0.459 e. The number of unbranched alkanes of at least 4 members (excludes halogenated alkanes) is 1. The molecule has 0 unspecified atom stereocenters. The van der Waals surface area contributed by atoms with Gasteiger partial charge < -0.3 is 9.94 Å². The Bertz CT molecular complexity index is 166. The molecule has 4 heteroatoms. The van der Waals surface area contributed by atoms with Gasteiger partial charge in [-0.15, -0.1) is 0 Å². The molecule has 70 valence electrons. The molecule has 0 aromatic rings. The van der Waals surface area contributed by atoms with Crippen LogP contribution in [-0.2, 0) is 9.53 Å². The van der Waals surface area contributed by atoms with E-state index >= 15 is 0 Å². The molecule has 12 heavy (non-hydrogen) atoms. The molecule has 0 fully saturated rings. The minimum absolute atomic E-state index is 0.0824. The lowest BCUT2D eigenvalue weighted by atomic mass is 10.2. The third-order valence-electron chi connectivity index (χ3n) is 1.35. The van der Waals surface area contributed by atoms with Crippen LogP contribution in [0.25, 0.3) is 0 Å². The van der Waals surface area contributed by atoms with Crippen LogP contribution in [-0.4, -0.2) is 23.5 Å². The Hall–Kier alpha value is -1.06. The first-order chi connectivity index (χ1) is 5.70. The van der Waals surface area contributed by atoms with Crippen LogP contribution in [0.1, 0.15) is 33.1 Å². The van der Waals surface area contributed by atoms with Crippen molar-refractivity contribution in [1.29, 1.82) is 0 Å². The number of esters is 1. The van der Waals surface area contributed by atoms with Crippen LogP contribution in [0.2, 0.25) is 0 Å². The second kappa shape index (κ2) is 6.64. The molecule has 0 aliphatic heterocycles. The molecule has 0 aliphatic rings. The minimum atomic E-state index is -0.236. The molecule has 0 saturated carbocycles. The van der Waals surface area contributed by atoms with Crippen LogP contribution in [0.15, 0.2) is 5.16 Å². The number of carbonyl (C=O) groups is 1. The van der Waals surface area contributed by atoms with Gasteiger partial charge >= 0.3 is 5.97 Å². The van der Waals surface area contributed by atoms with Crippen molar-refractivity contribution in [1.82, 2.24) is 0 Å². The summed E-state index contributed by atoms with van der Waals surface area (Å²) in [7, 11) is 0. The van der Waals surface area contributed by atoms with Crippen LogP contribution in [0.5, 0.6) is 0 Å². The lowest BCUT2D eigenvalue weighted by Crippen LogP contribution is -2.11. The molecule has 0 heterocycles. The van der Waals surface area contributed by atoms with Gasteiger partial charge in [0, 0.05) is 6.42 Å². The van der Waals surface area contributed by atoms with Crippen molar-refractivity contribution < 1.29 is 14.7 Å². The Morgan fingerprint density at radius 2 is 2.25 bits per heavy atom. The topological polar surface area (TPSA) is 58.9 Å². The maximum atomic E-state index is 10.9. The van der Waals surface area contributed by atoms with Gasteiger partial charge in [0.15, 0.2) is 0 Å². The van der Waals surface area contributed by atoms with E-state index in [9.17, 15) is 4.79 Å². The van der Waals surface area contributed by atoms with E-state index < -0.39 is 0 Å². The molecule has 1 N–H and O–H groups in total. The Kier molecular flexibility index (Phi) is 6.05. The molecule has 0 spiro atoms. The Morgan fingerprint density at radius 3 is 2.75 bits per heavy atom. The lowest BCUT2D eigenvalue weighted by molar-refractivity contribution is -0.142. The molecule has 0 aliphatic carbocycles. The number of hydrogen-bond donors (Lipinski definition) is 1. The van der Waals surface area contributed by atoms with Crippen LogP contribution in [0.3, 0.4) is 0 Å². The zero-order valence-corrected chi connectivity index (χ0v) is 7.54. The molecule has 0 rings (SSSR count). The number of rotatable bonds is 5. The zero-order valence-electron chi connectivity index (χ0n) is 7.54. The summed E-state index contributed by atoms with van der Waals surface area (Å²) in [6.45, 7) is 3.68. The van der Waals surface area contributed by atoms with Crippen LogP contribution < -0.4 is 0 Å². The standard InChI is InChI=1S/C8H15NO3/c1-3-4-5-8(10)12-6-7(2)9-11/h11H,3-6H2,1-2H3/b9-7+. The van der Waals surface area contributed by atoms with E-state index in [0.717, 1.165) is 12.8 Å². The first kappa shape index (κ1) is 10.9. The van der Waals surface area contributed by atoms with Crippen molar-refractivity contribution in [2.75, 3.05) is 6.61 Å². The van der Waals surface area contributed by atoms with Crippen molar-refractivity contribution in [3.05, 3.63) is 0 Å². The highest BCUT2D eigenvalue weighted by Gasteiger charge is 2.01. The number of hydrogen-bond acceptors (Lipinski definition) is 4. The molecule has 0 radical (unpaired) electrons. The van der Waals surface area contributed by atoms with E-state index in [4.69, 9.17) is 9.94 Å². The van der Waals surface area contributed by atoms with Gasteiger partial charge in [-0.1, -0.05) is 18.5 Å². The smallest absolute Gasteiger partial charge is 0.306 e. The zero-order chi connectivity index (χ0) is 9.40. The third kappa shape index (κ3) is 5.70. The van der Waals surface area contributed by atoms with Crippen LogP contribution >= 0.6 is 0 Å². The fourth-order valence-corrected chi connectivity index (χ4v) is 0.607. The molecule has 4 nitrogen and oxygen atoms in total. The Labute approximate surface area is 72.2 Å². The molecule has 0 aromatic heterocycles. The number of ether oxygens (including phenoxy) is 1. The number of carbonyl (C=O) groups excluding carboxylic acids is 1. The molecule has 0 bridgehead atoms. The van der Waals surface area contributed by atoms with Crippen molar-refractivity contribution in [3.8, 4) is 0 Å². The fraction of sp³-hybridized carbons (Fsp3) is 0.750. The normalized spacial score (nSPS) is 11.3. The summed E-state index contributed by atoms with van der Waals surface area (Å²) in [6, 6.07) is 0. The molecule has 0 atom stereocenters. The maximum absolute atomic E-state index is 10.9. The van der Waals surface area contributed by atoms with Gasteiger partial charge in [0.2, 0.25) is 0 Å². The maximum Gasteiger partial charge on any atom is 0.306 e. The van der Waals surface area contributed by atoms with E-state index in [0.29, 0.717) is 12.1 Å². The first-order valence-corrected chi connectivity index (χ1v) is 4.03. The quantitative estimate of drug-likeness (QED) is 0.297. The molecule has 0 saturated heterocycles. The largest absolute Gasteiger partial charge is 0.459 e. The molecule has 0 aromatic carbocycles. The summed E-state index contributed by atoms with van der Waals surface area (Å²) in [6.07, 6.45) is 2.26. The number of nitrogens with zero attached hydrogens (tertiary/aromatic N) is 1. The van der Waals surface area contributed by atoms with Gasteiger partial charge in [0.1, 0.15) is 6.61 Å². The monoisotopic (exact) mass is 173 g/mol. The highest BCUT2D eigenvalue weighted by atomic mass is 16.5. The van der Waals surface area contributed by atoms with Gasteiger partial charge in [-0.25, -0.2) is 0 Å². The first-order valence-electron chi connectivity index (χ1n) is 4.03. The fourth-order valence-electron chi connectivity index (χ4n) is 0.607.